The lowest BCUT2D eigenvalue weighted by molar-refractivity contribution is -0.00145. The predicted molar refractivity (Wildman–Crippen MR) is 85.6 cm³/mol. The Morgan fingerprint density at radius 1 is 1.39 bits per heavy atom. The summed E-state index contributed by atoms with van der Waals surface area (Å²) in [4.78, 5) is 16.4. The van der Waals surface area contributed by atoms with Crippen molar-refractivity contribution in [3.8, 4) is 0 Å². The van der Waals surface area contributed by atoms with Gasteiger partial charge in [0.15, 0.2) is 0 Å². The van der Waals surface area contributed by atoms with Gasteiger partial charge in [-0.3, -0.25) is 9.69 Å². The summed E-state index contributed by atoms with van der Waals surface area (Å²) in [5.41, 5.74) is -0.295. The van der Waals surface area contributed by atoms with Crippen molar-refractivity contribution in [2.24, 2.45) is 0 Å². The van der Waals surface area contributed by atoms with Gasteiger partial charge in [-0.2, -0.15) is 0 Å². The molecule has 23 heavy (non-hydrogen) atoms. The van der Waals surface area contributed by atoms with Crippen molar-refractivity contribution in [3.63, 3.8) is 0 Å². The normalized spacial score (nSPS) is 19.9. The van der Waals surface area contributed by atoms with E-state index < -0.39 is 11.4 Å². The summed E-state index contributed by atoms with van der Waals surface area (Å²) < 4.78 is 13.7. The molecule has 5 nitrogen and oxygen atoms in total. The molecule has 1 saturated heterocycles. The van der Waals surface area contributed by atoms with E-state index >= 15 is 0 Å². The highest BCUT2D eigenvalue weighted by Crippen LogP contribution is 2.17. The molecule has 0 spiro atoms. The van der Waals surface area contributed by atoms with Gasteiger partial charge in [-0.1, -0.05) is 6.07 Å². The summed E-state index contributed by atoms with van der Waals surface area (Å²) in [5, 5.41) is 18.9. The minimum Gasteiger partial charge on any atom is -0.392 e. The van der Waals surface area contributed by atoms with Crippen LogP contribution < -0.4 is 0 Å². The summed E-state index contributed by atoms with van der Waals surface area (Å²) in [6.45, 7) is 7.48. The maximum absolute atomic E-state index is 13.7. The molecular formula is C17H25FN2O3. The highest BCUT2D eigenvalue weighted by molar-refractivity contribution is 5.94. The van der Waals surface area contributed by atoms with E-state index in [2.05, 4.69) is 4.90 Å². The van der Waals surface area contributed by atoms with Crippen LogP contribution in [0, 0.1) is 5.82 Å². The first kappa shape index (κ1) is 17.8. The summed E-state index contributed by atoms with van der Waals surface area (Å²) in [6.07, 6.45) is 0. The Hall–Kier alpha value is -1.50. The number of aliphatic hydroxyl groups is 2. The van der Waals surface area contributed by atoms with Crippen LogP contribution in [-0.2, 0) is 6.61 Å². The molecule has 1 aromatic rings. The molecule has 1 aliphatic rings. The van der Waals surface area contributed by atoms with Crippen molar-refractivity contribution >= 4 is 5.91 Å². The molecule has 0 saturated carbocycles. The van der Waals surface area contributed by atoms with Gasteiger partial charge in [0.2, 0.25) is 0 Å². The maximum Gasteiger partial charge on any atom is 0.254 e. The first-order valence-corrected chi connectivity index (χ1v) is 7.86. The van der Waals surface area contributed by atoms with Crippen LogP contribution in [0.3, 0.4) is 0 Å². The lowest BCUT2D eigenvalue weighted by Gasteiger charge is -2.42. The lowest BCUT2D eigenvalue weighted by Crippen LogP contribution is -2.56. The van der Waals surface area contributed by atoms with E-state index in [-0.39, 0.29) is 24.1 Å². The minimum atomic E-state index is -0.774. The zero-order valence-corrected chi connectivity index (χ0v) is 13.9. The zero-order chi connectivity index (χ0) is 17.2. The number of benzene rings is 1. The third-order valence-electron chi connectivity index (χ3n) is 4.11. The first-order chi connectivity index (χ1) is 10.7. The zero-order valence-electron chi connectivity index (χ0n) is 13.9. The average Bonchev–Trinajstić information content (AvgIpc) is 2.47. The van der Waals surface area contributed by atoms with Gasteiger partial charge in [0, 0.05) is 43.3 Å². The number of hydrogen-bond donors (Lipinski definition) is 2. The van der Waals surface area contributed by atoms with Gasteiger partial charge in [-0.05, 0) is 32.9 Å². The number of β-amino-alcohol motifs (C(OH)–C–C–N with tert-alkyl or cyclic N) is 1. The second-order valence-electron chi connectivity index (χ2n) is 6.85. The molecule has 6 heteroatoms. The van der Waals surface area contributed by atoms with Crippen molar-refractivity contribution < 1.29 is 19.4 Å². The van der Waals surface area contributed by atoms with Gasteiger partial charge in [0.1, 0.15) is 5.82 Å². The quantitative estimate of drug-likeness (QED) is 0.874. The van der Waals surface area contributed by atoms with Crippen LogP contribution in [0.15, 0.2) is 18.2 Å². The van der Waals surface area contributed by atoms with Crippen molar-refractivity contribution in [1.29, 1.82) is 0 Å². The molecule has 128 valence electrons. The standard InChI is InChI=1S/C17H25FN2O3/c1-12-9-19(6-7-20(12)11-17(2,3)23)16(22)13-4-5-14(10-21)15(18)8-13/h4-5,8,12,21,23H,6-7,9-11H2,1-3H3/t12-/m0/s1. The second-order valence-corrected chi connectivity index (χ2v) is 6.85. The van der Waals surface area contributed by atoms with E-state index in [0.717, 1.165) is 0 Å². The molecule has 1 amide bonds. The molecular weight excluding hydrogens is 299 g/mol. The van der Waals surface area contributed by atoms with E-state index in [1.165, 1.54) is 12.1 Å². The number of carbonyl (C=O) groups is 1. The van der Waals surface area contributed by atoms with Crippen LogP contribution in [0.2, 0.25) is 0 Å². The SMILES string of the molecule is C[C@H]1CN(C(=O)c2ccc(CO)c(F)c2)CCN1CC(C)(C)O. The molecule has 1 fully saturated rings. The minimum absolute atomic E-state index is 0.126. The van der Waals surface area contributed by atoms with Gasteiger partial charge in [0.25, 0.3) is 5.91 Å². The third kappa shape index (κ3) is 4.50. The summed E-state index contributed by atoms with van der Waals surface area (Å²) >= 11 is 0. The van der Waals surface area contributed by atoms with Crippen LogP contribution in [0.25, 0.3) is 0 Å². The molecule has 0 aromatic heterocycles. The third-order valence-corrected chi connectivity index (χ3v) is 4.11. The van der Waals surface area contributed by atoms with E-state index in [1.54, 1.807) is 24.8 Å². The molecule has 1 heterocycles. The largest absolute Gasteiger partial charge is 0.392 e. The Morgan fingerprint density at radius 2 is 2.09 bits per heavy atom. The van der Waals surface area contributed by atoms with Crippen LogP contribution >= 0.6 is 0 Å². The van der Waals surface area contributed by atoms with Crippen molar-refractivity contribution in [1.82, 2.24) is 9.80 Å². The van der Waals surface area contributed by atoms with Crippen LogP contribution in [0.5, 0.6) is 0 Å². The van der Waals surface area contributed by atoms with Gasteiger partial charge in [0.05, 0.1) is 12.2 Å². The molecule has 1 atom stereocenters. The molecule has 0 radical (unpaired) electrons. The number of carbonyl (C=O) groups excluding carboxylic acids is 1. The highest BCUT2D eigenvalue weighted by Gasteiger charge is 2.30. The van der Waals surface area contributed by atoms with Crippen molar-refractivity contribution in [2.75, 3.05) is 26.2 Å². The Kier molecular flexibility index (Phi) is 5.39. The van der Waals surface area contributed by atoms with E-state index in [1.807, 2.05) is 6.92 Å². The van der Waals surface area contributed by atoms with Gasteiger partial charge in [-0.15, -0.1) is 0 Å². The lowest BCUT2D eigenvalue weighted by atomic mass is 10.1. The fourth-order valence-corrected chi connectivity index (χ4v) is 2.90. The van der Waals surface area contributed by atoms with Crippen molar-refractivity contribution in [3.05, 3.63) is 35.1 Å². The predicted octanol–water partition coefficient (Wildman–Crippen LogP) is 1.24. The Bertz CT molecular complexity index is 571. The maximum atomic E-state index is 13.7. The Labute approximate surface area is 136 Å². The van der Waals surface area contributed by atoms with Crippen LogP contribution in [0.1, 0.15) is 36.7 Å². The number of aliphatic hydroxyl groups excluding tert-OH is 1. The van der Waals surface area contributed by atoms with E-state index in [4.69, 9.17) is 5.11 Å². The number of hydrogen-bond acceptors (Lipinski definition) is 4. The van der Waals surface area contributed by atoms with Gasteiger partial charge < -0.3 is 15.1 Å². The molecule has 0 aliphatic carbocycles. The average molecular weight is 324 g/mol. The number of nitrogens with zero attached hydrogens (tertiary/aromatic N) is 2. The molecule has 0 bridgehead atoms. The second kappa shape index (κ2) is 6.95. The molecule has 1 aromatic carbocycles. The number of amides is 1. The summed E-state index contributed by atoms with van der Waals surface area (Å²) in [7, 11) is 0. The highest BCUT2D eigenvalue weighted by atomic mass is 19.1. The fourth-order valence-electron chi connectivity index (χ4n) is 2.90. The molecule has 2 N–H and O–H groups in total. The Morgan fingerprint density at radius 3 is 2.61 bits per heavy atom. The Balaban J connectivity index is 2.04. The summed E-state index contributed by atoms with van der Waals surface area (Å²) in [5.74, 6) is -0.768. The molecule has 2 rings (SSSR count). The molecule has 1 aliphatic heterocycles. The number of piperazine rings is 1. The smallest absolute Gasteiger partial charge is 0.254 e. The topological polar surface area (TPSA) is 64.0 Å². The first-order valence-electron chi connectivity index (χ1n) is 7.86. The number of rotatable bonds is 4. The van der Waals surface area contributed by atoms with Crippen LogP contribution in [0.4, 0.5) is 4.39 Å². The van der Waals surface area contributed by atoms with Crippen LogP contribution in [-0.4, -0.2) is 63.7 Å². The van der Waals surface area contributed by atoms with Crippen molar-refractivity contribution in [2.45, 2.75) is 39.0 Å². The fraction of sp³-hybridized carbons (Fsp3) is 0.588. The monoisotopic (exact) mass is 324 g/mol. The van der Waals surface area contributed by atoms with E-state index in [9.17, 15) is 14.3 Å². The number of halogens is 1. The van der Waals surface area contributed by atoms with Gasteiger partial charge >= 0.3 is 0 Å². The summed E-state index contributed by atoms with van der Waals surface area (Å²) in [6, 6.07) is 4.30. The molecule has 0 unspecified atom stereocenters. The van der Waals surface area contributed by atoms with E-state index in [0.29, 0.717) is 31.7 Å². The van der Waals surface area contributed by atoms with Gasteiger partial charge in [-0.25, -0.2) is 4.39 Å².